The Hall–Kier alpha value is -2.21. The predicted molar refractivity (Wildman–Crippen MR) is 68.1 cm³/mol. The lowest BCUT2D eigenvalue weighted by atomic mass is 10.1. The van der Waals surface area contributed by atoms with E-state index >= 15 is 0 Å². The number of hydrogen-bond donors (Lipinski definition) is 1. The van der Waals surface area contributed by atoms with E-state index in [4.69, 9.17) is 10.2 Å². The van der Waals surface area contributed by atoms with Gasteiger partial charge in [0.05, 0.1) is 16.6 Å². The van der Waals surface area contributed by atoms with Crippen LogP contribution >= 0.6 is 0 Å². The molecule has 1 heterocycles. The molecule has 0 spiro atoms. The fourth-order valence-electron chi connectivity index (χ4n) is 1.77. The quantitative estimate of drug-likeness (QED) is 0.680. The van der Waals surface area contributed by atoms with E-state index in [1.807, 2.05) is 6.92 Å². The summed E-state index contributed by atoms with van der Waals surface area (Å²) < 4.78 is 19.3. The SMILES string of the molecule is CC(N)Cc1ccc(-c2ccc([N+](=O)[O-])cc2F)o1. The molecule has 0 saturated heterocycles. The summed E-state index contributed by atoms with van der Waals surface area (Å²) in [5.41, 5.74) is 5.55. The second-order valence-electron chi connectivity index (χ2n) is 4.37. The summed E-state index contributed by atoms with van der Waals surface area (Å²) in [6, 6.07) is 6.75. The fraction of sp³-hybridized carbons (Fsp3) is 0.231. The van der Waals surface area contributed by atoms with Crippen LogP contribution in [-0.2, 0) is 6.42 Å². The monoisotopic (exact) mass is 264 g/mol. The molecule has 0 fully saturated rings. The van der Waals surface area contributed by atoms with Gasteiger partial charge >= 0.3 is 0 Å². The molecule has 0 aliphatic heterocycles. The Labute approximate surface area is 109 Å². The van der Waals surface area contributed by atoms with Crippen molar-refractivity contribution in [3.63, 3.8) is 0 Å². The molecule has 2 rings (SSSR count). The van der Waals surface area contributed by atoms with Crippen molar-refractivity contribution in [1.29, 1.82) is 0 Å². The van der Waals surface area contributed by atoms with Gasteiger partial charge in [-0.05, 0) is 25.1 Å². The van der Waals surface area contributed by atoms with Crippen LogP contribution in [0.1, 0.15) is 12.7 Å². The molecule has 100 valence electrons. The first-order valence-corrected chi connectivity index (χ1v) is 5.76. The number of nitrogens with zero attached hydrogens (tertiary/aromatic N) is 1. The van der Waals surface area contributed by atoms with Crippen molar-refractivity contribution in [1.82, 2.24) is 0 Å². The highest BCUT2D eigenvalue weighted by atomic mass is 19.1. The van der Waals surface area contributed by atoms with E-state index in [0.717, 1.165) is 6.07 Å². The number of nitro groups is 1. The Morgan fingerprint density at radius 1 is 1.42 bits per heavy atom. The number of benzene rings is 1. The maximum absolute atomic E-state index is 13.8. The van der Waals surface area contributed by atoms with Gasteiger partial charge in [-0.3, -0.25) is 10.1 Å². The van der Waals surface area contributed by atoms with Crippen molar-refractivity contribution < 1.29 is 13.7 Å². The minimum Gasteiger partial charge on any atom is -0.461 e. The van der Waals surface area contributed by atoms with Crippen LogP contribution in [0.2, 0.25) is 0 Å². The maximum Gasteiger partial charge on any atom is 0.272 e. The normalized spacial score (nSPS) is 12.4. The highest BCUT2D eigenvalue weighted by Gasteiger charge is 2.14. The third-order valence-electron chi connectivity index (χ3n) is 2.61. The van der Waals surface area contributed by atoms with E-state index < -0.39 is 10.7 Å². The van der Waals surface area contributed by atoms with Gasteiger partial charge in [0.25, 0.3) is 5.69 Å². The number of non-ortho nitro benzene ring substituents is 1. The van der Waals surface area contributed by atoms with Crippen molar-refractivity contribution in [3.05, 3.63) is 52.0 Å². The molecule has 1 aromatic carbocycles. The van der Waals surface area contributed by atoms with Crippen molar-refractivity contribution >= 4 is 5.69 Å². The maximum atomic E-state index is 13.8. The Morgan fingerprint density at radius 2 is 2.16 bits per heavy atom. The molecule has 6 heteroatoms. The van der Waals surface area contributed by atoms with Crippen molar-refractivity contribution in [2.75, 3.05) is 0 Å². The predicted octanol–water partition coefficient (Wildman–Crippen LogP) is 2.88. The first kappa shape index (κ1) is 13.2. The second-order valence-corrected chi connectivity index (χ2v) is 4.37. The molecule has 2 aromatic rings. The van der Waals surface area contributed by atoms with E-state index in [2.05, 4.69) is 0 Å². The minimum atomic E-state index is -0.684. The molecule has 19 heavy (non-hydrogen) atoms. The molecule has 1 unspecified atom stereocenters. The van der Waals surface area contributed by atoms with Gasteiger partial charge in [-0.15, -0.1) is 0 Å². The Balaban J connectivity index is 2.31. The fourth-order valence-corrected chi connectivity index (χ4v) is 1.77. The summed E-state index contributed by atoms with van der Waals surface area (Å²) in [5, 5.41) is 10.5. The lowest BCUT2D eigenvalue weighted by molar-refractivity contribution is -0.385. The molecule has 0 bridgehead atoms. The van der Waals surface area contributed by atoms with E-state index in [1.54, 1.807) is 12.1 Å². The van der Waals surface area contributed by atoms with Gasteiger partial charge in [-0.1, -0.05) is 0 Å². The van der Waals surface area contributed by atoms with Crippen LogP contribution in [0.5, 0.6) is 0 Å². The summed E-state index contributed by atoms with van der Waals surface area (Å²) in [7, 11) is 0. The minimum absolute atomic E-state index is 0.0549. The number of nitrogens with two attached hydrogens (primary N) is 1. The van der Waals surface area contributed by atoms with Crippen molar-refractivity contribution in [2.45, 2.75) is 19.4 Å². The summed E-state index contributed by atoms with van der Waals surface area (Å²) in [5.74, 6) is 0.307. The summed E-state index contributed by atoms with van der Waals surface area (Å²) in [4.78, 5) is 9.89. The van der Waals surface area contributed by atoms with Gasteiger partial charge < -0.3 is 10.2 Å². The van der Waals surface area contributed by atoms with E-state index in [1.165, 1.54) is 12.1 Å². The lowest BCUT2D eigenvalue weighted by Crippen LogP contribution is -2.17. The average Bonchev–Trinajstić information content (AvgIpc) is 2.76. The molecular weight excluding hydrogens is 251 g/mol. The van der Waals surface area contributed by atoms with Crippen LogP contribution in [-0.4, -0.2) is 11.0 Å². The Bertz CT molecular complexity index is 608. The number of hydrogen-bond acceptors (Lipinski definition) is 4. The largest absolute Gasteiger partial charge is 0.461 e. The first-order valence-electron chi connectivity index (χ1n) is 5.76. The topological polar surface area (TPSA) is 82.3 Å². The molecular formula is C13H13FN2O3. The highest BCUT2D eigenvalue weighted by Crippen LogP contribution is 2.28. The number of rotatable bonds is 4. The molecule has 0 aliphatic rings. The highest BCUT2D eigenvalue weighted by molar-refractivity contribution is 5.60. The van der Waals surface area contributed by atoms with Crippen LogP contribution in [0.3, 0.4) is 0 Å². The van der Waals surface area contributed by atoms with Gasteiger partial charge in [-0.2, -0.15) is 0 Å². The molecule has 0 radical (unpaired) electrons. The average molecular weight is 264 g/mol. The van der Waals surface area contributed by atoms with Gasteiger partial charge in [0.1, 0.15) is 17.3 Å². The number of halogens is 1. The van der Waals surface area contributed by atoms with Gasteiger partial charge in [0.15, 0.2) is 0 Å². The van der Waals surface area contributed by atoms with Gasteiger partial charge in [-0.25, -0.2) is 4.39 Å². The molecule has 5 nitrogen and oxygen atoms in total. The van der Waals surface area contributed by atoms with Crippen LogP contribution < -0.4 is 5.73 Å². The third kappa shape index (κ3) is 2.97. The summed E-state index contributed by atoms with van der Waals surface area (Å²) in [6.07, 6.45) is 0.550. The third-order valence-corrected chi connectivity index (χ3v) is 2.61. The Morgan fingerprint density at radius 3 is 2.74 bits per heavy atom. The van der Waals surface area contributed by atoms with Crippen LogP contribution in [0, 0.1) is 15.9 Å². The first-order chi connectivity index (χ1) is 8.97. The van der Waals surface area contributed by atoms with Crippen molar-refractivity contribution in [2.24, 2.45) is 5.73 Å². The molecule has 0 amide bonds. The van der Waals surface area contributed by atoms with E-state index in [0.29, 0.717) is 17.9 Å². The molecule has 0 aliphatic carbocycles. The zero-order valence-corrected chi connectivity index (χ0v) is 10.3. The van der Waals surface area contributed by atoms with Crippen LogP contribution in [0.15, 0.2) is 34.7 Å². The van der Waals surface area contributed by atoms with Crippen LogP contribution in [0.4, 0.5) is 10.1 Å². The number of nitro benzene ring substituents is 1. The molecule has 1 atom stereocenters. The second kappa shape index (κ2) is 5.19. The van der Waals surface area contributed by atoms with Crippen molar-refractivity contribution in [3.8, 4) is 11.3 Å². The lowest BCUT2D eigenvalue weighted by Gasteiger charge is -2.02. The zero-order valence-electron chi connectivity index (χ0n) is 10.3. The zero-order chi connectivity index (χ0) is 14.0. The molecule has 1 aromatic heterocycles. The van der Waals surface area contributed by atoms with Crippen LogP contribution in [0.25, 0.3) is 11.3 Å². The van der Waals surface area contributed by atoms with Gasteiger partial charge in [0, 0.05) is 18.5 Å². The Kier molecular flexibility index (Phi) is 3.62. The van der Waals surface area contributed by atoms with E-state index in [9.17, 15) is 14.5 Å². The molecule has 0 saturated carbocycles. The summed E-state index contributed by atoms with van der Waals surface area (Å²) in [6.45, 7) is 1.84. The van der Waals surface area contributed by atoms with Gasteiger partial charge in [0.2, 0.25) is 0 Å². The van der Waals surface area contributed by atoms with E-state index in [-0.39, 0.29) is 17.3 Å². The summed E-state index contributed by atoms with van der Waals surface area (Å²) >= 11 is 0. The molecule has 2 N–H and O–H groups in total. The number of furan rings is 1. The standard InChI is InChI=1S/C13H13FN2O3/c1-8(15)6-10-3-5-13(19-10)11-4-2-9(16(17)18)7-12(11)14/h2-5,7-8H,6,15H2,1H3. The smallest absolute Gasteiger partial charge is 0.272 e.